The Hall–Kier alpha value is -2.00. The van der Waals surface area contributed by atoms with Crippen molar-refractivity contribution in [3.8, 4) is 6.07 Å². The van der Waals surface area contributed by atoms with Gasteiger partial charge in [0.05, 0.1) is 24.5 Å². The summed E-state index contributed by atoms with van der Waals surface area (Å²) < 4.78 is 4.70. The predicted molar refractivity (Wildman–Crippen MR) is 80.7 cm³/mol. The van der Waals surface area contributed by atoms with Crippen molar-refractivity contribution in [3.63, 3.8) is 0 Å². The molecular formula is C15H18N2O3S. The van der Waals surface area contributed by atoms with Crippen LogP contribution in [0.25, 0.3) is 0 Å². The Morgan fingerprint density at radius 3 is 2.48 bits per heavy atom. The molecule has 0 bridgehead atoms. The average Bonchev–Trinajstić information content (AvgIpc) is 2.52. The van der Waals surface area contributed by atoms with Crippen LogP contribution in [-0.4, -0.2) is 30.3 Å². The number of hydrogen-bond donors (Lipinski definition) is 1. The third kappa shape index (κ3) is 4.80. The summed E-state index contributed by atoms with van der Waals surface area (Å²) in [6, 6.07) is 9.01. The van der Waals surface area contributed by atoms with Crippen LogP contribution in [0.15, 0.2) is 29.2 Å². The van der Waals surface area contributed by atoms with Gasteiger partial charge in [-0.3, -0.25) is 4.79 Å². The van der Waals surface area contributed by atoms with Gasteiger partial charge >= 0.3 is 5.97 Å². The molecule has 6 heteroatoms. The van der Waals surface area contributed by atoms with Crippen molar-refractivity contribution in [1.82, 2.24) is 5.32 Å². The maximum absolute atomic E-state index is 11.9. The van der Waals surface area contributed by atoms with E-state index in [9.17, 15) is 9.59 Å². The van der Waals surface area contributed by atoms with Gasteiger partial charge in [-0.05, 0) is 37.6 Å². The second-order valence-electron chi connectivity index (χ2n) is 4.65. The fourth-order valence-electron chi connectivity index (χ4n) is 1.63. The third-order valence-electron chi connectivity index (χ3n) is 3.11. The van der Waals surface area contributed by atoms with E-state index in [1.54, 1.807) is 31.2 Å². The Labute approximate surface area is 128 Å². The van der Waals surface area contributed by atoms with Gasteiger partial charge in [0.2, 0.25) is 5.91 Å². The van der Waals surface area contributed by atoms with E-state index in [0.29, 0.717) is 12.0 Å². The highest BCUT2D eigenvalue weighted by Gasteiger charge is 2.33. The maximum atomic E-state index is 11.9. The molecule has 112 valence electrons. The highest BCUT2D eigenvalue weighted by molar-refractivity contribution is 8.00. The number of rotatable bonds is 6. The first-order chi connectivity index (χ1) is 9.95. The number of ether oxygens (including phenoxy) is 1. The minimum atomic E-state index is -1.00. The van der Waals surface area contributed by atoms with Gasteiger partial charge in [-0.2, -0.15) is 5.26 Å². The Morgan fingerprint density at radius 1 is 1.38 bits per heavy atom. The molecule has 0 fully saturated rings. The van der Waals surface area contributed by atoms with Gasteiger partial charge < -0.3 is 10.1 Å². The molecule has 21 heavy (non-hydrogen) atoms. The van der Waals surface area contributed by atoms with E-state index in [0.717, 1.165) is 4.90 Å². The van der Waals surface area contributed by atoms with Gasteiger partial charge in [0, 0.05) is 4.90 Å². The first-order valence-electron chi connectivity index (χ1n) is 6.47. The molecule has 0 saturated heterocycles. The van der Waals surface area contributed by atoms with Crippen LogP contribution in [0, 0.1) is 11.3 Å². The molecule has 0 heterocycles. The Kier molecular flexibility index (Phi) is 6.25. The van der Waals surface area contributed by atoms with Crippen LogP contribution in [0.2, 0.25) is 0 Å². The van der Waals surface area contributed by atoms with Gasteiger partial charge in [-0.15, -0.1) is 11.8 Å². The Bertz CT molecular complexity index is 551. The number of carbonyl (C=O) groups is 2. The molecule has 1 aromatic rings. The molecule has 1 rings (SSSR count). The summed E-state index contributed by atoms with van der Waals surface area (Å²) >= 11 is 1.34. The standard InChI is InChI=1S/C15H18N2O3S/c1-4-15(2,14(19)20-3)17-13(18)10-21-12-7-5-11(9-16)6-8-12/h5-8H,4,10H2,1-3H3,(H,17,18)/t15-/m0/s1. The van der Waals surface area contributed by atoms with Gasteiger partial charge in [-0.1, -0.05) is 6.92 Å². The fourth-order valence-corrected chi connectivity index (χ4v) is 2.33. The summed E-state index contributed by atoms with van der Waals surface area (Å²) in [4.78, 5) is 24.5. The molecule has 1 N–H and O–H groups in total. The lowest BCUT2D eigenvalue weighted by atomic mass is 9.99. The van der Waals surface area contributed by atoms with Crippen LogP contribution >= 0.6 is 11.8 Å². The number of nitriles is 1. The smallest absolute Gasteiger partial charge is 0.331 e. The van der Waals surface area contributed by atoms with Gasteiger partial charge in [-0.25, -0.2) is 4.79 Å². The van der Waals surface area contributed by atoms with E-state index in [1.807, 2.05) is 13.0 Å². The molecule has 1 atom stereocenters. The zero-order valence-electron chi connectivity index (χ0n) is 12.3. The molecule has 1 amide bonds. The van der Waals surface area contributed by atoms with Crippen LogP contribution in [0.5, 0.6) is 0 Å². The van der Waals surface area contributed by atoms with Gasteiger partial charge in [0.1, 0.15) is 5.54 Å². The summed E-state index contributed by atoms with van der Waals surface area (Å²) in [5.74, 6) is -0.501. The van der Waals surface area contributed by atoms with Crippen molar-refractivity contribution in [2.75, 3.05) is 12.9 Å². The van der Waals surface area contributed by atoms with E-state index in [-0.39, 0.29) is 11.7 Å². The molecular weight excluding hydrogens is 288 g/mol. The Morgan fingerprint density at radius 2 is 2.00 bits per heavy atom. The zero-order valence-corrected chi connectivity index (χ0v) is 13.1. The van der Waals surface area contributed by atoms with Gasteiger partial charge in [0.25, 0.3) is 0 Å². The molecule has 0 radical (unpaired) electrons. The third-order valence-corrected chi connectivity index (χ3v) is 4.12. The first-order valence-corrected chi connectivity index (χ1v) is 7.46. The lowest BCUT2D eigenvalue weighted by Gasteiger charge is -2.26. The lowest BCUT2D eigenvalue weighted by Crippen LogP contribution is -2.52. The summed E-state index contributed by atoms with van der Waals surface area (Å²) in [5, 5.41) is 11.4. The molecule has 1 aromatic carbocycles. The van der Waals surface area contributed by atoms with Crippen LogP contribution in [-0.2, 0) is 14.3 Å². The highest BCUT2D eigenvalue weighted by Crippen LogP contribution is 2.19. The maximum Gasteiger partial charge on any atom is 0.331 e. The molecule has 5 nitrogen and oxygen atoms in total. The molecule has 0 unspecified atom stereocenters. The van der Waals surface area contributed by atoms with Crippen molar-refractivity contribution >= 4 is 23.6 Å². The molecule has 0 aliphatic rings. The van der Waals surface area contributed by atoms with Gasteiger partial charge in [0.15, 0.2) is 0 Å². The first kappa shape index (κ1) is 17.1. The molecule has 0 aromatic heterocycles. The monoisotopic (exact) mass is 306 g/mol. The lowest BCUT2D eigenvalue weighted by molar-refractivity contribution is -0.150. The molecule has 0 spiro atoms. The number of hydrogen-bond acceptors (Lipinski definition) is 5. The normalized spacial score (nSPS) is 12.9. The predicted octanol–water partition coefficient (Wildman–Crippen LogP) is 2.11. The van der Waals surface area contributed by atoms with E-state index in [4.69, 9.17) is 10.00 Å². The topological polar surface area (TPSA) is 79.2 Å². The molecule has 0 aliphatic carbocycles. The SMILES string of the molecule is CC[C@](C)(NC(=O)CSc1ccc(C#N)cc1)C(=O)OC. The van der Waals surface area contributed by atoms with E-state index < -0.39 is 11.5 Å². The molecule has 0 saturated carbocycles. The van der Waals surface area contributed by atoms with Crippen LogP contribution in [0.4, 0.5) is 0 Å². The number of nitrogens with one attached hydrogen (secondary N) is 1. The minimum absolute atomic E-state index is 0.193. The number of carbonyl (C=O) groups excluding carboxylic acids is 2. The minimum Gasteiger partial charge on any atom is -0.467 e. The fraction of sp³-hybridized carbons (Fsp3) is 0.400. The van der Waals surface area contributed by atoms with E-state index >= 15 is 0 Å². The van der Waals surface area contributed by atoms with Crippen LogP contribution in [0.1, 0.15) is 25.8 Å². The number of benzene rings is 1. The summed E-state index contributed by atoms with van der Waals surface area (Å²) in [7, 11) is 1.30. The summed E-state index contributed by atoms with van der Waals surface area (Å²) in [6.45, 7) is 3.45. The van der Waals surface area contributed by atoms with E-state index in [2.05, 4.69) is 5.32 Å². The van der Waals surface area contributed by atoms with Crippen molar-refractivity contribution in [2.24, 2.45) is 0 Å². The van der Waals surface area contributed by atoms with Crippen LogP contribution < -0.4 is 5.32 Å². The summed E-state index contributed by atoms with van der Waals surface area (Å²) in [6.07, 6.45) is 0.451. The number of methoxy groups -OCH3 is 1. The van der Waals surface area contributed by atoms with E-state index in [1.165, 1.54) is 18.9 Å². The second kappa shape index (κ2) is 7.70. The van der Waals surface area contributed by atoms with Crippen molar-refractivity contribution < 1.29 is 14.3 Å². The zero-order chi connectivity index (χ0) is 15.9. The largest absolute Gasteiger partial charge is 0.467 e. The molecule has 0 aliphatic heterocycles. The number of thioether (sulfide) groups is 1. The quantitative estimate of drug-likeness (QED) is 0.643. The second-order valence-corrected chi connectivity index (χ2v) is 5.70. The number of esters is 1. The van der Waals surface area contributed by atoms with Crippen molar-refractivity contribution in [1.29, 1.82) is 5.26 Å². The average molecular weight is 306 g/mol. The number of amides is 1. The van der Waals surface area contributed by atoms with Crippen molar-refractivity contribution in [3.05, 3.63) is 29.8 Å². The summed E-state index contributed by atoms with van der Waals surface area (Å²) in [5.41, 5.74) is -0.426. The highest BCUT2D eigenvalue weighted by atomic mass is 32.2. The van der Waals surface area contributed by atoms with Crippen LogP contribution in [0.3, 0.4) is 0 Å². The number of nitrogens with zero attached hydrogens (tertiary/aromatic N) is 1. The van der Waals surface area contributed by atoms with Crippen molar-refractivity contribution in [2.45, 2.75) is 30.7 Å². The Balaban J connectivity index is 2.57.